The van der Waals surface area contributed by atoms with E-state index in [0.717, 1.165) is 5.56 Å². The Labute approximate surface area is 116 Å². The van der Waals surface area contributed by atoms with Crippen LogP contribution >= 0.6 is 0 Å². The molecule has 2 N–H and O–H groups in total. The summed E-state index contributed by atoms with van der Waals surface area (Å²) < 4.78 is 0. The SMILES string of the molecule is Oc1cc(-c2cccnc2)cc(O)c1-c1cccnc1. The number of benzene rings is 1. The smallest absolute Gasteiger partial charge is 0.127 e. The number of nitrogens with zero attached hydrogens (tertiary/aromatic N) is 2. The molecule has 0 saturated heterocycles. The van der Waals surface area contributed by atoms with E-state index in [1.54, 1.807) is 55.1 Å². The maximum absolute atomic E-state index is 10.2. The summed E-state index contributed by atoms with van der Waals surface area (Å²) >= 11 is 0. The molecule has 0 aliphatic rings. The van der Waals surface area contributed by atoms with Gasteiger partial charge in [-0.3, -0.25) is 9.97 Å². The molecule has 98 valence electrons. The van der Waals surface area contributed by atoms with Crippen LogP contribution in [0.1, 0.15) is 0 Å². The van der Waals surface area contributed by atoms with Gasteiger partial charge >= 0.3 is 0 Å². The van der Waals surface area contributed by atoms with Crippen molar-refractivity contribution in [2.45, 2.75) is 0 Å². The first kappa shape index (κ1) is 12.2. The maximum atomic E-state index is 10.2. The molecule has 0 saturated carbocycles. The van der Waals surface area contributed by atoms with E-state index in [9.17, 15) is 10.2 Å². The molecule has 2 aromatic heterocycles. The standard InChI is InChI=1S/C16H12N2O2/c19-14-7-13(11-3-1-5-17-9-11)8-15(20)16(14)12-4-2-6-18-10-12/h1-10,19-20H. The van der Waals surface area contributed by atoms with Crippen molar-refractivity contribution < 1.29 is 10.2 Å². The van der Waals surface area contributed by atoms with Crippen LogP contribution in [-0.2, 0) is 0 Å². The number of pyridine rings is 2. The Morgan fingerprint density at radius 3 is 1.75 bits per heavy atom. The second-order valence-electron chi connectivity index (χ2n) is 4.37. The van der Waals surface area contributed by atoms with Crippen molar-refractivity contribution in [1.82, 2.24) is 9.97 Å². The average Bonchev–Trinajstić information content (AvgIpc) is 2.48. The zero-order chi connectivity index (χ0) is 13.9. The lowest BCUT2D eigenvalue weighted by Gasteiger charge is -2.10. The summed E-state index contributed by atoms with van der Waals surface area (Å²) in [5.74, 6) is 0.0220. The van der Waals surface area contributed by atoms with Crippen LogP contribution in [0.25, 0.3) is 22.3 Å². The van der Waals surface area contributed by atoms with Gasteiger partial charge in [0.25, 0.3) is 0 Å². The van der Waals surface area contributed by atoms with E-state index in [0.29, 0.717) is 16.7 Å². The van der Waals surface area contributed by atoms with E-state index in [2.05, 4.69) is 9.97 Å². The molecule has 2 heterocycles. The lowest BCUT2D eigenvalue weighted by molar-refractivity contribution is 0.454. The molecular formula is C16H12N2O2. The van der Waals surface area contributed by atoms with E-state index in [1.165, 1.54) is 0 Å². The molecule has 4 heteroatoms. The summed E-state index contributed by atoms with van der Waals surface area (Å²) in [5, 5.41) is 20.4. The highest BCUT2D eigenvalue weighted by Crippen LogP contribution is 2.40. The maximum Gasteiger partial charge on any atom is 0.127 e. The Hall–Kier alpha value is -2.88. The Kier molecular flexibility index (Phi) is 3.05. The quantitative estimate of drug-likeness (QED) is 0.745. The van der Waals surface area contributed by atoms with Gasteiger partial charge in [0, 0.05) is 35.9 Å². The van der Waals surface area contributed by atoms with Gasteiger partial charge < -0.3 is 10.2 Å². The number of hydrogen-bond donors (Lipinski definition) is 2. The Balaban J connectivity index is 2.13. The largest absolute Gasteiger partial charge is 0.507 e. The van der Waals surface area contributed by atoms with Crippen LogP contribution in [0.3, 0.4) is 0 Å². The molecular weight excluding hydrogens is 252 g/mol. The van der Waals surface area contributed by atoms with Gasteiger partial charge in [-0.15, -0.1) is 0 Å². The fourth-order valence-electron chi connectivity index (χ4n) is 2.12. The average molecular weight is 264 g/mol. The Morgan fingerprint density at radius 1 is 0.700 bits per heavy atom. The minimum absolute atomic E-state index is 0.0110. The molecule has 0 aliphatic heterocycles. The normalized spacial score (nSPS) is 10.4. The van der Waals surface area contributed by atoms with E-state index in [4.69, 9.17) is 0 Å². The lowest BCUT2D eigenvalue weighted by atomic mass is 10.00. The van der Waals surface area contributed by atoms with Crippen molar-refractivity contribution in [2.24, 2.45) is 0 Å². The summed E-state index contributed by atoms with van der Waals surface area (Å²) in [6, 6.07) is 10.4. The molecule has 20 heavy (non-hydrogen) atoms. The van der Waals surface area contributed by atoms with Gasteiger partial charge in [0.2, 0.25) is 0 Å². The fourth-order valence-corrected chi connectivity index (χ4v) is 2.12. The van der Waals surface area contributed by atoms with Gasteiger partial charge in [-0.25, -0.2) is 0 Å². The second-order valence-corrected chi connectivity index (χ2v) is 4.37. The number of phenols is 2. The highest BCUT2D eigenvalue weighted by atomic mass is 16.3. The van der Waals surface area contributed by atoms with E-state index >= 15 is 0 Å². The summed E-state index contributed by atoms with van der Waals surface area (Å²) in [6.45, 7) is 0. The lowest BCUT2D eigenvalue weighted by Crippen LogP contribution is -1.85. The molecule has 1 aromatic carbocycles. The number of rotatable bonds is 2. The summed E-state index contributed by atoms with van der Waals surface area (Å²) in [7, 11) is 0. The van der Waals surface area contributed by atoms with Gasteiger partial charge in [0.15, 0.2) is 0 Å². The molecule has 3 aromatic rings. The molecule has 0 radical (unpaired) electrons. The molecule has 0 amide bonds. The van der Waals surface area contributed by atoms with Gasteiger partial charge in [-0.1, -0.05) is 12.1 Å². The third-order valence-corrected chi connectivity index (χ3v) is 3.04. The van der Waals surface area contributed by atoms with Crippen molar-refractivity contribution in [3.63, 3.8) is 0 Å². The molecule has 0 spiro atoms. The monoisotopic (exact) mass is 264 g/mol. The third-order valence-electron chi connectivity index (χ3n) is 3.04. The molecule has 0 aliphatic carbocycles. The van der Waals surface area contributed by atoms with E-state index in [1.807, 2.05) is 6.07 Å². The van der Waals surface area contributed by atoms with Gasteiger partial charge in [-0.2, -0.15) is 0 Å². The van der Waals surface area contributed by atoms with Crippen LogP contribution in [0.5, 0.6) is 11.5 Å². The molecule has 0 fully saturated rings. The highest BCUT2D eigenvalue weighted by molar-refractivity contribution is 5.80. The minimum Gasteiger partial charge on any atom is -0.507 e. The molecule has 3 rings (SSSR count). The molecule has 0 bridgehead atoms. The van der Waals surface area contributed by atoms with E-state index < -0.39 is 0 Å². The first-order valence-corrected chi connectivity index (χ1v) is 6.12. The zero-order valence-corrected chi connectivity index (χ0v) is 10.6. The summed E-state index contributed by atoms with van der Waals surface area (Å²) in [4.78, 5) is 8.02. The Morgan fingerprint density at radius 2 is 1.25 bits per heavy atom. The van der Waals surface area contributed by atoms with Gasteiger partial charge in [0.05, 0.1) is 5.56 Å². The number of phenolic OH excluding ortho intramolecular Hbond substituents is 2. The Bertz CT molecular complexity index is 705. The van der Waals surface area contributed by atoms with Crippen LogP contribution in [0.2, 0.25) is 0 Å². The number of aromatic nitrogens is 2. The zero-order valence-electron chi connectivity index (χ0n) is 10.6. The van der Waals surface area contributed by atoms with Crippen molar-refractivity contribution in [2.75, 3.05) is 0 Å². The highest BCUT2D eigenvalue weighted by Gasteiger charge is 2.13. The first-order chi connectivity index (χ1) is 9.75. The van der Waals surface area contributed by atoms with Crippen LogP contribution in [-0.4, -0.2) is 20.2 Å². The van der Waals surface area contributed by atoms with Crippen molar-refractivity contribution in [3.8, 4) is 33.8 Å². The topological polar surface area (TPSA) is 66.2 Å². The van der Waals surface area contributed by atoms with Crippen LogP contribution in [0.4, 0.5) is 0 Å². The third kappa shape index (κ3) is 2.19. The van der Waals surface area contributed by atoms with Crippen LogP contribution in [0.15, 0.2) is 61.2 Å². The molecule has 4 nitrogen and oxygen atoms in total. The minimum atomic E-state index is 0.0110. The van der Waals surface area contributed by atoms with Gasteiger partial charge in [0.1, 0.15) is 11.5 Å². The van der Waals surface area contributed by atoms with Crippen molar-refractivity contribution in [1.29, 1.82) is 0 Å². The van der Waals surface area contributed by atoms with Crippen molar-refractivity contribution in [3.05, 3.63) is 61.2 Å². The number of aromatic hydroxyl groups is 2. The van der Waals surface area contributed by atoms with Crippen molar-refractivity contribution >= 4 is 0 Å². The summed E-state index contributed by atoms with van der Waals surface area (Å²) in [5.41, 5.74) is 2.59. The van der Waals surface area contributed by atoms with Gasteiger partial charge in [-0.05, 0) is 29.8 Å². The predicted octanol–water partition coefficient (Wildman–Crippen LogP) is 3.22. The predicted molar refractivity (Wildman–Crippen MR) is 76.2 cm³/mol. The summed E-state index contributed by atoms with van der Waals surface area (Å²) in [6.07, 6.45) is 6.59. The molecule has 0 atom stereocenters. The van der Waals surface area contributed by atoms with E-state index in [-0.39, 0.29) is 11.5 Å². The van der Waals surface area contributed by atoms with Crippen LogP contribution in [0, 0.1) is 0 Å². The second kappa shape index (κ2) is 5.01. The fraction of sp³-hybridized carbons (Fsp3) is 0. The first-order valence-electron chi connectivity index (χ1n) is 6.12. The number of hydrogen-bond acceptors (Lipinski definition) is 4. The molecule has 0 unspecified atom stereocenters. The van der Waals surface area contributed by atoms with Crippen LogP contribution < -0.4 is 0 Å².